The SMILES string of the molecule is COc1cc(O)c(C(=O)CCl)c(C#N)c1. The van der Waals surface area contributed by atoms with Crippen LogP contribution >= 0.6 is 11.6 Å². The molecule has 0 unspecified atom stereocenters. The number of Topliss-reactive ketones (excluding diaryl/α,β-unsaturated/α-hetero) is 1. The second-order valence-electron chi connectivity index (χ2n) is 2.74. The lowest BCUT2D eigenvalue weighted by Gasteiger charge is -2.06. The first-order chi connectivity index (χ1) is 7.13. The monoisotopic (exact) mass is 225 g/mol. The van der Waals surface area contributed by atoms with Crippen LogP contribution in [0.2, 0.25) is 0 Å². The molecular weight excluding hydrogens is 218 g/mol. The number of hydrogen-bond donors (Lipinski definition) is 1. The number of aromatic hydroxyl groups is 1. The minimum atomic E-state index is -0.492. The lowest BCUT2D eigenvalue weighted by Crippen LogP contribution is -2.04. The quantitative estimate of drug-likeness (QED) is 0.628. The molecular formula is C10H8ClNO3. The fraction of sp³-hybridized carbons (Fsp3) is 0.200. The van der Waals surface area contributed by atoms with E-state index in [0.717, 1.165) is 0 Å². The fourth-order valence-corrected chi connectivity index (χ4v) is 1.30. The molecule has 1 aromatic rings. The summed E-state index contributed by atoms with van der Waals surface area (Å²) < 4.78 is 4.85. The molecule has 0 spiro atoms. The average Bonchev–Trinajstić information content (AvgIpc) is 2.26. The molecule has 0 atom stereocenters. The van der Waals surface area contributed by atoms with Crippen LogP contribution in [0, 0.1) is 11.3 Å². The molecule has 0 amide bonds. The van der Waals surface area contributed by atoms with Gasteiger partial charge in [-0.15, -0.1) is 11.6 Å². The lowest BCUT2D eigenvalue weighted by molar-refractivity contribution is 0.101. The number of hydrogen-bond acceptors (Lipinski definition) is 4. The van der Waals surface area contributed by atoms with Crippen LogP contribution in [0.25, 0.3) is 0 Å². The van der Waals surface area contributed by atoms with Gasteiger partial charge in [-0.25, -0.2) is 0 Å². The number of phenolic OH excluding ortho intramolecular Hbond substituents is 1. The maximum atomic E-state index is 11.3. The molecule has 0 heterocycles. The number of nitrogens with zero attached hydrogens (tertiary/aromatic N) is 1. The highest BCUT2D eigenvalue weighted by atomic mass is 35.5. The van der Waals surface area contributed by atoms with Crippen molar-refractivity contribution in [2.24, 2.45) is 0 Å². The molecule has 78 valence electrons. The third-order valence-corrected chi connectivity index (χ3v) is 2.09. The number of nitriles is 1. The molecule has 0 aliphatic rings. The van der Waals surface area contributed by atoms with Gasteiger partial charge in [0.15, 0.2) is 5.78 Å². The average molecular weight is 226 g/mol. The van der Waals surface area contributed by atoms with Gasteiger partial charge in [0.05, 0.1) is 24.1 Å². The van der Waals surface area contributed by atoms with Crippen molar-refractivity contribution in [3.8, 4) is 17.6 Å². The molecule has 0 aliphatic carbocycles. The van der Waals surface area contributed by atoms with Crippen molar-refractivity contribution in [1.29, 1.82) is 5.26 Å². The van der Waals surface area contributed by atoms with E-state index in [1.165, 1.54) is 19.2 Å². The van der Waals surface area contributed by atoms with E-state index in [1.807, 2.05) is 0 Å². The minimum Gasteiger partial charge on any atom is -0.507 e. The van der Waals surface area contributed by atoms with Gasteiger partial charge in [-0.2, -0.15) is 5.26 Å². The van der Waals surface area contributed by atoms with Crippen LogP contribution in [0.5, 0.6) is 11.5 Å². The molecule has 1 rings (SSSR count). The molecule has 0 bridgehead atoms. The summed E-state index contributed by atoms with van der Waals surface area (Å²) in [5.74, 6) is -0.755. The van der Waals surface area contributed by atoms with Gasteiger partial charge < -0.3 is 9.84 Å². The summed E-state index contributed by atoms with van der Waals surface area (Å²) >= 11 is 5.36. The zero-order valence-electron chi connectivity index (χ0n) is 7.95. The van der Waals surface area contributed by atoms with E-state index in [4.69, 9.17) is 21.6 Å². The molecule has 0 fully saturated rings. The van der Waals surface area contributed by atoms with Gasteiger partial charge in [0.2, 0.25) is 0 Å². The normalized spacial score (nSPS) is 9.40. The highest BCUT2D eigenvalue weighted by Crippen LogP contribution is 2.28. The Kier molecular flexibility index (Phi) is 3.53. The molecule has 4 nitrogen and oxygen atoms in total. The second-order valence-corrected chi connectivity index (χ2v) is 3.00. The van der Waals surface area contributed by atoms with Gasteiger partial charge in [-0.1, -0.05) is 0 Å². The van der Waals surface area contributed by atoms with Crippen molar-refractivity contribution < 1.29 is 14.6 Å². The number of carbonyl (C=O) groups is 1. The Morgan fingerprint density at radius 1 is 1.67 bits per heavy atom. The van der Waals surface area contributed by atoms with Crippen LogP contribution < -0.4 is 4.74 Å². The zero-order chi connectivity index (χ0) is 11.4. The van der Waals surface area contributed by atoms with Gasteiger partial charge in [-0.05, 0) is 6.07 Å². The Labute approximate surface area is 91.7 Å². The lowest BCUT2D eigenvalue weighted by atomic mass is 10.0. The van der Waals surface area contributed by atoms with Crippen molar-refractivity contribution in [3.63, 3.8) is 0 Å². The number of alkyl halides is 1. The standard InChI is InChI=1S/C10H8ClNO3/c1-15-7-2-6(5-12)10(8(13)3-7)9(14)4-11/h2-3,13H,4H2,1H3. The topological polar surface area (TPSA) is 70.3 Å². The van der Waals surface area contributed by atoms with E-state index >= 15 is 0 Å². The van der Waals surface area contributed by atoms with E-state index < -0.39 is 5.78 Å². The fourth-order valence-electron chi connectivity index (χ4n) is 1.17. The molecule has 1 aromatic carbocycles. The molecule has 5 heteroatoms. The summed E-state index contributed by atoms with van der Waals surface area (Å²) in [6, 6.07) is 4.45. The number of ketones is 1. The van der Waals surface area contributed by atoms with E-state index in [1.54, 1.807) is 6.07 Å². The highest BCUT2D eigenvalue weighted by molar-refractivity contribution is 6.31. The largest absolute Gasteiger partial charge is 0.507 e. The summed E-state index contributed by atoms with van der Waals surface area (Å²) in [5, 5.41) is 18.3. The summed E-state index contributed by atoms with van der Waals surface area (Å²) in [6.45, 7) is 0. The third kappa shape index (κ3) is 2.20. The van der Waals surface area contributed by atoms with Crippen LogP contribution in [0.3, 0.4) is 0 Å². The first kappa shape index (κ1) is 11.3. The van der Waals surface area contributed by atoms with Gasteiger partial charge in [0.1, 0.15) is 17.6 Å². The van der Waals surface area contributed by atoms with Crippen LogP contribution in [-0.4, -0.2) is 23.9 Å². The van der Waals surface area contributed by atoms with Gasteiger partial charge in [-0.3, -0.25) is 4.79 Å². The Bertz CT molecular complexity index is 437. The minimum absolute atomic E-state index is 0.0532. The number of rotatable bonds is 3. The first-order valence-corrected chi connectivity index (χ1v) is 4.57. The van der Waals surface area contributed by atoms with Gasteiger partial charge in [0.25, 0.3) is 0 Å². The van der Waals surface area contributed by atoms with Gasteiger partial charge in [0, 0.05) is 6.07 Å². The molecule has 0 aromatic heterocycles. The number of phenols is 1. The van der Waals surface area contributed by atoms with Crippen molar-refractivity contribution >= 4 is 17.4 Å². The number of benzene rings is 1. The third-order valence-electron chi connectivity index (χ3n) is 1.85. The van der Waals surface area contributed by atoms with Crippen molar-refractivity contribution in [2.45, 2.75) is 0 Å². The number of carbonyl (C=O) groups excluding carboxylic acids is 1. The number of halogens is 1. The maximum absolute atomic E-state index is 11.3. The predicted octanol–water partition coefficient (Wildman–Crippen LogP) is 1.69. The van der Waals surface area contributed by atoms with E-state index in [2.05, 4.69) is 0 Å². The Morgan fingerprint density at radius 2 is 2.33 bits per heavy atom. The van der Waals surface area contributed by atoms with Crippen molar-refractivity contribution in [2.75, 3.05) is 13.0 Å². The highest BCUT2D eigenvalue weighted by Gasteiger charge is 2.17. The predicted molar refractivity (Wildman–Crippen MR) is 54.4 cm³/mol. The summed E-state index contributed by atoms with van der Waals surface area (Å²) in [4.78, 5) is 11.3. The first-order valence-electron chi connectivity index (χ1n) is 4.04. The number of methoxy groups -OCH3 is 1. The van der Waals surface area contributed by atoms with Crippen molar-refractivity contribution in [1.82, 2.24) is 0 Å². The van der Waals surface area contributed by atoms with Gasteiger partial charge >= 0.3 is 0 Å². The van der Waals surface area contributed by atoms with E-state index in [0.29, 0.717) is 5.75 Å². The molecule has 1 N–H and O–H groups in total. The smallest absolute Gasteiger partial charge is 0.182 e. The van der Waals surface area contributed by atoms with E-state index in [-0.39, 0.29) is 22.8 Å². The molecule has 0 saturated carbocycles. The van der Waals surface area contributed by atoms with Crippen LogP contribution in [0.4, 0.5) is 0 Å². The summed E-state index contributed by atoms with van der Waals surface area (Å²) in [7, 11) is 1.40. The van der Waals surface area contributed by atoms with E-state index in [9.17, 15) is 9.90 Å². The zero-order valence-corrected chi connectivity index (χ0v) is 8.71. The Balaban J connectivity index is 3.39. The Hall–Kier alpha value is -1.73. The molecule has 0 radical (unpaired) electrons. The molecule has 15 heavy (non-hydrogen) atoms. The van der Waals surface area contributed by atoms with Crippen molar-refractivity contribution in [3.05, 3.63) is 23.3 Å². The van der Waals surface area contributed by atoms with Crippen LogP contribution in [0.1, 0.15) is 15.9 Å². The summed E-state index contributed by atoms with van der Waals surface area (Å²) in [5.41, 5.74) is -0.00852. The summed E-state index contributed by atoms with van der Waals surface area (Å²) in [6.07, 6.45) is 0. The van der Waals surface area contributed by atoms with Crippen LogP contribution in [-0.2, 0) is 0 Å². The molecule has 0 saturated heterocycles. The number of ether oxygens (including phenoxy) is 1. The molecule has 0 aliphatic heterocycles. The maximum Gasteiger partial charge on any atom is 0.182 e. The second kappa shape index (κ2) is 4.67. The Morgan fingerprint density at radius 3 is 2.80 bits per heavy atom. The van der Waals surface area contributed by atoms with Crippen LogP contribution in [0.15, 0.2) is 12.1 Å².